The summed E-state index contributed by atoms with van der Waals surface area (Å²) in [5.74, 6) is 0. The van der Waals surface area contributed by atoms with Gasteiger partial charge in [-0.05, 0) is 54.3 Å². The molecule has 0 fully saturated rings. The molecule has 2 N–H and O–H groups in total. The van der Waals surface area contributed by atoms with Crippen molar-refractivity contribution in [3.63, 3.8) is 0 Å². The molecule has 1 heteroatoms. The summed E-state index contributed by atoms with van der Waals surface area (Å²) in [6.07, 6.45) is 0.966. The minimum absolute atomic E-state index is 0.717. The first-order valence-corrected chi connectivity index (χ1v) is 5.42. The Morgan fingerprint density at radius 1 is 1.13 bits per heavy atom. The topological polar surface area (TPSA) is 26.0 Å². The molecule has 0 heterocycles. The number of fused-ring (bicyclic) bond motifs is 1. The zero-order valence-electron chi connectivity index (χ0n) is 9.38. The second kappa shape index (κ2) is 4.03. The molecule has 0 aliphatic carbocycles. The lowest BCUT2D eigenvalue weighted by Gasteiger charge is -2.12. The first-order valence-electron chi connectivity index (χ1n) is 5.42. The van der Waals surface area contributed by atoms with Gasteiger partial charge in [0.1, 0.15) is 0 Å². The van der Waals surface area contributed by atoms with Gasteiger partial charge in [0.05, 0.1) is 0 Å². The SMILES string of the molecule is Cc1cc2ccccc2c(CCN)c1C. The van der Waals surface area contributed by atoms with Crippen LogP contribution < -0.4 is 5.73 Å². The quantitative estimate of drug-likeness (QED) is 0.790. The van der Waals surface area contributed by atoms with Crippen molar-refractivity contribution in [1.82, 2.24) is 0 Å². The standard InChI is InChI=1S/C14H17N/c1-10-9-12-5-3-4-6-14(12)13(7-8-15)11(10)2/h3-6,9H,7-8,15H2,1-2H3. The van der Waals surface area contributed by atoms with Gasteiger partial charge in [0.25, 0.3) is 0 Å². The Kier molecular flexibility index (Phi) is 2.74. The molecular weight excluding hydrogens is 182 g/mol. The van der Waals surface area contributed by atoms with Gasteiger partial charge in [-0.1, -0.05) is 30.3 Å². The number of nitrogens with two attached hydrogens (primary N) is 1. The van der Waals surface area contributed by atoms with Crippen molar-refractivity contribution in [2.45, 2.75) is 20.3 Å². The maximum Gasteiger partial charge on any atom is -0.00364 e. The number of rotatable bonds is 2. The van der Waals surface area contributed by atoms with Crippen LogP contribution in [-0.4, -0.2) is 6.54 Å². The monoisotopic (exact) mass is 199 g/mol. The molecule has 0 aliphatic rings. The van der Waals surface area contributed by atoms with E-state index in [1.54, 1.807) is 0 Å². The smallest absolute Gasteiger partial charge is 0.00364 e. The summed E-state index contributed by atoms with van der Waals surface area (Å²) < 4.78 is 0. The van der Waals surface area contributed by atoms with Crippen molar-refractivity contribution >= 4 is 10.8 Å². The van der Waals surface area contributed by atoms with Crippen LogP contribution in [0.5, 0.6) is 0 Å². The summed E-state index contributed by atoms with van der Waals surface area (Å²) in [6.45, 7) is 5.07. The van der Waals surface area contributed by atoms with Gasteiger partial charge in [0, 0.05) is 0 Å². The fourth-order valence-corrected chi connectivity index (χ4v) is 2.15. The molecular formula is C14H17N. The third-order valence-electron chi connectivity index (χ3n) is 3.10. The van der Waals surface area contributed by atoms with Crippen LogP contribution in [0.4, 0.5) is 0 Å². The van der Waals surface area contributed by atoms with Crippen molar-refractivity contribution in [3.8, 4) is 0 Å². The fourth-order valence-electron chi connectivity index (χ4n) is 2.15. The molecule has 0 aliphatic heterocycles. The van der Waals surface area contributed by atoms with Gasteiger partial charge in [-0.3, -0.25) is 0 Å². The summed E-state index contributed by atoms with van der Waals surface area (Å²) in [7, 11) is 0. The molecule has 0 spiro atoms. The third kappa shape index (κ3) is 1.75. The highest BCUT2D eigenvalue weighted by molar-refractivity contribution is 5.87. The second-order valence-corrected chi connectivity index (χ2v) is 4.06. The highest BCUT2D eigenvalue weighted by atomic mass is 14.5. The second-order valence-electron chi connectivity index (χ2n) is 4.06. The van der Waals surface area contributed by atoms with E-state index in [-0.39, 0.29) is 0 Å². The van der Waals surface area contributed by atoms with Gasteiger partial charge in [-0.25, -0.2) is 0 Å². The van der Waals surface area contributed by atoms with Crippen LogP contribution in [-0.2, 0) is 6.42 Å². The van der Waals surface area contributed by atoms with Crippen molar-refractivity contribution < 1.29 is 0 Å². The molecule has 0 unspecified atom stereocenters. The van der Waals surface area contributed by atoms with Crippen molar-refractivity contribution in [3.05, 3.63) is 47.0 Å². The van der Waals surface area contributed by atoms with Crippen molar-refractivity contribution in [2.24, 2.45) is 5.73 Å². The zero-order valence-corrected chi connectivity index (χ0v) is 9.38. The Bertz CT molecular complexity index is 486. The number of hydrogen-bond acceptors (Lipinski definition) is 1. The Hall–Kier alpha value is -1.34. The largest absolute Gasteiger partial charge is 0.330 e. The van der Waals surface area contributed by atoms with E-state index in [9.17, 15) is 0 Å². The van der Waals surface area contributed by atoms with Crippen LogP contribution in [0.2, 0.25) is 0 Å². The highest BCUT2D eigenvalue weighted by Crippen LogP contribution is 2.25. The molecule has 2 rings (SSSR count). The Morgan fingerprint density at radius 2 is 1.87 bits per heavy atom. The first-order chi connectivity index (χ1) is 7.24. The van der Waals surface area contributed by atoms with E-state index in [1.807, 2.05) is 0 Å². The third-order valence-corrected chi connectivity index (χ3v) is 3.10. The lowest BCUT2D eigenvalue weighted by atomic mass is 9.94. The van der Waals surface area contributed by atoms with Crippen molar-refractivity contribution in [2.75, 3.05) is 6.54 Å². The molecule has 78 valence electrons. The molecule has 0 radical (unpaired) electrons. The molecule has 2 aromatic rings. The van der Waals surface area contributed by atoms with Gasteiger partial charge in [-0.2, -0.15) is 0 Å². The molecule has 0 bridgehead atoms. The normalized spacial score (nSPS) is 10.9. The van der Waals surface area contributed by atoms with Crippen LogP contribution in [0.1, 0.15) is 16.7 Å². The van der Waals surface area contributed by atoms with Crippen LogP contribution in [0, 0.1) is 13.8 Å². The van der Waals surface area contributed by atoms with Gasteiger partial charge in [-0.15, -0.1) is 0 Å². The minimum atomic E-state index is 0.717. The fraction of sp³-hybridized carbons (Fsp3) is 0.286. The zero-order chi connectivity index (χ0) is 10.8. The molecule has 1 nitrogen and oxygen atoms in total. The average Bonchev–Trinajstić information content (AvgIpc) is 2.25. The predicted octanol–water partition coefficient (Wildman–Crippen LogP) is 2.96. The minimum Gasteiger partial charge on any atom is -0.330 e. The summed E-state index contributed by atoms with van der Waals surface area (Å²) in [4.78, 5) is 0. The van der Waals surface area contributed by atoms with Gasteiger partial charge < -0.3 is 5.73 Å². The van der Waals surface area contributed by atoms with E-state index in [0.717, 1.165) is 6.42 Å². The van der Waals surface area contributed by atoms with Crippen molar-refractivity contribution in [1.29, 1.82) is 0 Å². The van der Waals surface area contributed by atoms with Gasteiger partial charge in [0.15, 0.2) is 0 Å². The van der Waals surface area contributed by atoms with Crippen LogP contribution in [0.25, 0.3) is 10.8 Å². The Morgan fingerprint density at radius 3 is 2.60 bits per heavy atom. The summed E-state index contributed by atoms with van der Waals surface area (Å²) in [6, 6.07) is 10.8. The molecule has 0 atom stereocenters. The maximum absolute atomic E-state index is 5.67. The maximum atomic E-state index is 5.67. The Labute approximate surface area is 90.9 Å². The highest BCUT2D eigenvalue weighted by Gasteiger charge is 2.06. The van der Waals surface area contributed by atoms with E-state index in [0.29, 0.717) is 6.54 Å². The van der Waals surface area contributed by atoms with E-state index in [1.165, 1.54) is 27.5 Å². The number of hydrogen-bond donors (Lipinski definition) is 1. The Balaban J connectivity index is 2.77. The number of aryl methyl sites for hydroxylation is 1. The summed E-state index contributed by atoms with van der Waals surface area (Å²) >= 11 is 0. The van der Waals surface area contributed by atoms with Crippen LogP contribution in [0.3, 0.4) is 0 Å². The molecule has 0 aromatic heterocycles. The molecule has 15 heavy (non-hydrogen) atoms. The average molecular weight is 199 g/mol. The van der Waals surface area contributed by atoms with E-state index >= 15 is 0 Å². The summed E-state index contributed by atoms with van der Waals surface area (Å²) in [5.41, 5.74) is 9.83. The van der Waals surface area contributed by atoms with Crippen LogP contribution in [0.15, 0.2) is 30.3 Å². The van der Waals surface area contributed by atoms with Gasteiger partial charge in [0.2, 0.25) is 0 Å². The number of benzene rings is 2. The molecule has 2 aromatic carbocycles. The first kappa shape index (κ1) is 10.2. The summed E-state index contributed by atoms with van der Waals surface area (Å²) in [5, 5.41) is 2.68. The lowest BCUT2D eigenvalue weighted by molar-refractivity contribution is 0.964. The van der Waals surface area contributed by atoms with E-state index in [4.69, 9.17) is 5.73 Å². The van der Waals surface area contributed by atoms with E-state index in [2.05, 4.69) is 44.2 Å². The van der Waals surface area contributed by atoms with Crippen LogP contribution >= 0.6 is 0 Å². The molecule has 0 amide bonds. The predicted molar refractivity (Wildman–Crippen MR) is 66.2 cm³/mol. The lowest BCUT2D eigenvalue weighted by Crippen LogP contribution is -2.05. The van der Waals surface area contributed by atoms with Gasteiger partial charge >= 0.3 is 0 Å². The molecule has 0 saturated heterocycles. The van der Waals surface area contributed by atoms with E-state index < -0.39 is 0 Å². The molecule has 0 saturated carbocycles.